The second kappa shape index (κ2) is 6.14. The monoisotopic (exact) mass is 208 g/mol. The first-order valence-electron chi connectivity index (χ1n) is 5.00. The lowest BCUT2D eigenvalue weighted by Crippen LogP contribution is -2.22. The van der Waals surface area contributed by atoms with Gasteiger partial charge in [-0.25, -0.2) is 0 Å². The molecule has 1 aromatic rings. The molecule has 0 saturated heterocycles. The van der Waals surface area contributed by atoms with Crippen LogP contribution in [0.25, 0.3) is 0 Å². The standard InChI is InChI=1S/C11H16N2O2/c1-9(5-11(14)15)6-13-8-10-3-2-4-12-7-10/h2-4,7,9,13H,5-6,8H2,1H3,(H,14,15). The first kappa shape index (κ1) is 11.7. The third-order valence-electron chi connectivity index (χ3n) is 2.07. The lowest BCUT2D eigenvalue weighted by molar-refractivity contribution is -0.137. The zero-order chi connectivity index (χ0) is 11.1. The summed E-state index contributed by atoms with van der Waals surface area (Å²) in [6.07, 6.45) is 3.74. The van der Waals surface area contributed by atoms with E-state index in [0.717, 1.165) is 12.1 Å². The van der Waals surface area contributed by atoms with Gasteiger partial charge in [0.05, 0.1) is 0 Å². The van der Waals surface area contributed by atoms with Gasteiger partial charge in [-0.1, -0.05) is 13.0 Å². The number of aliphatic carboxylic acids is 1. The van der Waals surface area contributed by atoms with E-state index in [2.05, 4.69) is 10.3 Å². The predicted octanol–water partition coefficient (Wildman–Crippen LogP) is 1.28. The van der Waals surface area contributed by atoms with Gasteiger partial charge in [0.2, 0.25) is 0 Å². The minimum Gasteiger partial charge on any atom is -0.481 e. The highest BCUT2D eigenvalue weighted by molar-refractivity contribution is 5.66. The Morgan fingerprint density at radius 2 is 2.47 bits per heavy atom. The lowest BCUT2D eigenvalue weighted by atomic mass is 10.1. The van der Waals surface area contributed by atoms with Crippen LogP contribution in [0, 0.1) is 5.92 Å². The highest BCUT2D eigenvalue weighted by Gasteiger charge is 2.06. The van der Waals surface area contributed by atoms with Gasteiger partial charge >= 0.3 is 5.97 Å². The van der Waals surface area contributed by atoms with Gasteiger partial charge in [-0.3, -0.25) is 9.78 Å². The number of nitrogens with one attached hydrogen (secondary N) is 1. The van der Waals surface area contributed by atoms with Crippen LogP contribution in [-0.2, 0) is 11.3 Å². The molecule has 2 N–H and O–H groups in total. The Bertz CT molecular complexity index is 301. The summed E-state index contributed by atoms with van der Waals surface area (Å²) < 4.78 is 0. The zero-order valence-electron chi connectivity index (χ0n) is 8.81. The van der Waals surface area contributed by atoms with Crippen LogP contribution < -0.4 is 5.32 Å². The normalized spacial score (nSPS) is 12.3. The molecule has 0 fully saturated rings. The second-order valence-corrected chi connectivity index (χ2v) is 3.70. The van der Waals surface area contributed by atoms with E-state index in [4.69, 9.17) is 5.11 Å². The summed E-state index contributed by atoms with van der Waals surface area (Å²) in [5.41, 5.74) is 1.11. The minimum atomic E-state index is -0.745. The molecule has 1 heterocycles. The van der Waals surface area contributed by atoms with Gasteiger partial charge < -0.3 is 10.4 Å². The maximum Gasteiger partial charge on any atom is 0.303 e. The topological polar surface area (TPSA) is 62.2 Å². The van der Waals surface area contributed by atoms with Gasteiger partial charge in [0.1, 0.15) is 0 Å². The number of aromatic nitrogens is 1. The highest BCUT2D eigenvalue weighted by atomic mass is 16.4. The molecular weight excluding hydrogens is 192 g/mol. The molecule has 0 aromatic carbocycles. The highest BCUT2D eigenvalue weighted by Crippen LogP contribution is 2.00. The van der Waals surface area contributed by atoms with Crippen LogP contribution >= 0.6 is 0 Å². The maximum absolute atomic E-state index is 10.4. The Morgan fingerprint density at radius 1 is 1.67 bits per heavy atom. The van der Waals surface area contributed by atoms with Crippen molar-refractivity contribution >= 4 is 5.97 Å². The smallest absolute Gasteiger partial charge is 0.303 e. The summed E-state index contributed by atoms with van der Waals surface area (Å²) in [5.74, 6) is -0.593. The van der Waals surface area contributed by atoms with Crippen molar-refractivity contribution in [2.75, 3.05) is 6.54 Å². The zero-order valence-corrected chi connectivity index (χ0v) is 8.81. The first-order valence-corrected chi connectivity index (χ1v) is 5.00. The van der Waals surface area contributed by atoms with Gasteiger partial charge in [-0.15, -0.1) is 0 Å². The Hall–Kier alpha value is -1.42. The third kappa shape index (κ3) is 5.12. The van der Waals surface area contributed by atoms with Crippen LogP contribution in [0.15, 0.2) is 24.5 Å². The van der Waals surface area contributed by atoms with E-state index in [-0.39, 0.29) is 12.3 Å². The van der Waals surface area contributed by atoms with E-state index in [9.17, 15) is 4.79 Å². The van der Waals surface area contributed by atoms with Gasteiger partial charge in [0, 0.05) is 25.4 Å². The average Bonchev–Trinajstić information content (AvgIpc) is 2.18. The molecule has 0 bridgehead atoms. The maximum atomic E-state index is 10.4. The van der Waals surface area contributed by atoms with Crippen molar-refractivity contribution in [1.82, 2.24) is 10.3 Å². The number of hydrogen-bond acceptors (Lipinski definition) is 3. The molecule has 15 heavy (non-hydrogen) atoms. The molecule has 0 aliphatic rings. The number of pyridine rings is 1. The van der Waals surface area contributed by atoms with Crippen molar-refractivity contribution in [3.8, 4) is 0 Å². The van der Waals surface area contributed by atoms with Crippen molar-refractivity contribution in [3.05, 3.63) is 30.1 Å². The van der Waals surface area contributed by atoms with Gasteiger partial charge in [0.25, 0.3) is 0 Å². The Balaban J connectivity index is 2.19. The van der Waals surface area contributed by atoms with E-state index in [1.54, 1.807) is 12.4 Å². The summed E-state index contributed by atoms with van der Waals surface area (Å²) in [4.78, 5) is 14.4. The minimum absolute atomic E-state index is 0.152. The fraction of sp³-hybridized carbons (Fsp3) is 0.455. The van der Waals surface area contributed by atoms with Crippen molar-refractivity contribution in [1.29, 1.82) is 0 Å². The van der Waals surface area contributed by atoms with Crippen molar-refractivity contribution in [2.45, 2.75) is 19.9 Å². The molecule has 0 amide bonds. The van der Waals surface area contributed by atoms with E-state index >= 15 is 0 Å². The van der Waals surface area contributed by atoms with Crippen LogP contribution in [0.5, 0.6) is 0 Å². The summed E-state index contributed by atoms with van der Waals surface area (Å²) in [7, 11) is 0. The molecular formula is C11H16N2O2. The number of carboxylic acid groups (broad SMARTS) is 1. The number of carbonyl (C=O) groups is 1. The fourth-order valence-corrected chi connectivity index (χ4v) is 1.34. The van der Waals surface area contributed by atoms with Crippen LogP contribution in [0.2, 0.25) is 0 Å². The SMILES string of the molecule is CC(CNCc1cccnc1)CC(=O)O. The molecule has 0 aliphatic heterocycles. The van der Waals surface area contributed by atoms with Crippen molar-refractivity contribution in [2.24, 2.45) is 5.92 Å². The van der Waals surface area contributed by atoms with Gasteiger partial charge in [-0.05, 0) is 24.1 Å². The molecule has 1 aromatic heterocycles. The summed E-state index contributed by atoms with van der Waals surface area (Å²) >= 11 is 0. The van der Waals surface area contributed by atoms with Crippen LogP contribution in [0.1, 0.15) is 18.9 Å². The Labute approximate surface area is 89.3 Å². The predicted molar refractivity (Wildman–Crippen MR) is 57.4 cm³/mol. The summed E-state index contributed by atoms with van der Waals surface area (Å²) in [5, 5.41) is 11.8. The number of hydrogen-bond donors (Lipinski definition) is 2. The molecule has 0 spiro atoms. The van der Waals surface area contributed by atoms with Crippen LogP contribution in [-0.4, -0.2) is 22.6 Å². The number of rotatable bonds is 6. The Kier molecular flexibility index (Phi) is 4.77. The molecule has 0 saturated carbocycles. The van der Waals surface area contributed by atoms with E-state index in [0.29, 0.717) is 6.54 Å². The average molecular weight is 208 g/mol. The van der Waals surface area contributed by atoms with Crippen LogP contribution in [0.3, 0.4) is 0 Å². The molecule has 1 atom stereocenters. The van der Waals surface area contributed by atoms with E-state index in [1.807, 2.05) is 19.1 Å². The first-order chi connectivity index (χ1) is 7.18. The summed E-state index contributed by atoms with van der Waals surface area (Å²) in [6, 6.07) is 3.87. The molecule has 4 heteroatoms. The molecule has 4 nitrogen and oxygen atoms in total. The van der Waals surface area contributed by atoms with E-state index < -0.39 is 5.97 Å². The Morgan fingerprint density at radius 3 is 3.07 bits per heavy atom. The van der Waals surface area contributed by atoms with E-state index in [1.165, 1.54) is 0 Å². The number of nitrogens with zero attached hydrogens (tertiary/aromatic N) is 1. The molecule has 1 rings (SSSR count). The van der Waals surface area contributed by atoms with Crippen LogP contribution in [0.4, 0.5) is 0 Å². The number of carboxylic acids is 1. The molecule has 0 aliphatic carbocycles. The fourth-order valence-electron chi connectivity index (χ4n) is 1.34. The van der Waals surface area contributed by atoms with Gasteiger partial charge in [0.15, 0.2) is 0 Å². The largest absolute Gasteiger partial charge is 0.481 e. The van der Waals surface area contributed by atoms with Crippen molar-refractivity contribution in [3.63, 3.8) is 0 Å². The van der Waals surface area contributed by atoms with Gasteiger partial charge in [-0.2, -0.15) is 0 Å². The molecule has 82 valence electrons. The molecule has 1 unspecified atom stereocenters. The van der Waals surface area contributed by atoms with Crippen molar-refractivity contribution < 1.29 is 9.90 Å². The second-order valence-electron chi connectivity index (χ2n) is 3.70. The summed E-state index contributed by atoms with van der Waals surface area (Å²) in [6.45, 7) is 3.36. The molecule has 0 radical (unpaired) electrons. The quantitative estimate of drug-likeness (QED) is 0.739. The third-order valence-corrected chi connectivity index (χ3v) is 2.07. The lowest BCUT2D eigenvalue weighted by Gasteiger charge is -2.09.